The molecule has 1 aliphatic rings. The summed E-state index contributed by atoms with van der Waals surface area (Å²) in [6, 6.07) is 0. The lowest BCUT2D eigenvalue weighted by Crippen LogP contribution is -2.40. The largest absolute Gasteiger partial charge is 0.465 e. The first kappa shape index (κ1) is 22.0. The number of halogens is 4. The van der Waals surface area contributed by atoms with E-state index in [9.17, 15) is 31.2 Å². The second-order valence-corrected chi connectivity index (χ2v) is 8.80. The van der Waals surface area contributed by atoms with Crippen molar-refractivity contribution < 1.29 is 40.7 Å². The summed E-state index contributed by atoms with van der Waals surface area (Å²) >= 11 is 0. The van der Waals surface area contributed by atoms with E-state index in [0.717, 1.165) is 0 Å². The Morgan fingerprint density at radius 2 is 1.52 bits per heavy atom. The van der Waals surface area contributed by atoms with E-state index in [2.05, 4.69) is 0 Å². The van der Waals surface area contributed by atoms with Gasteiger partial charge in [0.05, 0.1) is 19.0 Å². The summed E-state index contributed by atoms with van der Waals surface area (Å²) in [5.41, 5.74) is -1.95. The zero-order chi connectivity index (χ0) is 19.5. The summed E-state index contributed by atoms with van der Waals surface area (Å²) in [6.07, 6.45) is -6.83. The summed E-state index contributed by atoms with van der Waals surface area (Å²) in [4.78, 5) is 24.6. The van der Waals surface area contributed by atoms with E-state index in [1.165, 1.54) is 13.8 Å². The average molecular weight is 409 g/mol. The molecule has 0 amide bonds. The molecule has 0 aromatic rings. The third kappa shape index (κ3) is 6.02. The molecule has 1 saturated carbocycles. The van der Waals surface area contributed by atoms with Gasteiger partial charge in [0.15, 0.2) is 5.41 Å². The van der Waals surface area contributed by atoms with E-state index >= 15 is 0 Å². The highest BCUT2D eigenvalue weighted by molar-refractivity contribution is 8.13. The molecule has 25 heavy (non-hydrogen) atoms. The monoisotopic (exact) mass is 408 g/mol. The lowest BCUT2D eigenvalue weighted by Gasteiger charge is -2.24. The number of ether oxygens (including phenoxy) is 2. The second-order valence-electron chi connectivity index (χ2n) is 5.98. The van der Waals surface area contributed by atoms with E-state index < -0.39 is 69.4 Å². The fourth-order valence-corrected chi connectivity index (χ4v) is 4.64. The van der Waals surface area contributed by atoms with Crippen molar-refractivity contribution in [3.63, 3.8) is 0 Å². The van der Waals surface area contributed by atoms with Gasteiger partial charge in [0.25, 0.3) is 0 Å². The maximum Gasteiger partial charge on any atom is 0.389 e. The van der Waals surface area contributed by atoms with Crippen molar-refractivity contribution in [2.24, 2.45) is 17.3 Å². The molecule has 0 unspecified atom stereocenters. The molecule has 11 heteroatoms. The molecular weight excluding hydrogens is 389 g/mol. The fourth-order valence-electron chi connectivity index (χ4n) is 3.25. The lowest BCUT2D eigenvalue weighted by molar-refractivity contribution is -0.173. The van der Waals surface area contributed by atoms with Crippen LogP contribution in [0.5, 0.6) is 0 Å². The number of carbonyl (C=O) groups excluding carboxylic acids is 2. The first-order chi connectivity index (χ1) is 11.3. The van der Waals surface area contributed by atoms with Crippen molar-refractivity contribution in [1.82, 2.24) is 0 Å². The van der Waals surface area contributed by atoms with Gasteiger partial charge in [-0.25, -0.2) is 8.42 Å². The highest BCUT2D eigenvalue weighted by Gasteiger charge is 2.59. The van der Waals surface area contributed by atoms with Crippen LogP contribution in [0, 0.1) is 17.3 Å². The van der Waals surface area contributed by atoms with Crippen molar-refractivity contribution in [2.45, 2.75) is 39.3 Å². The minimum absolute atomic E-state index is 0.0810. The van der Waals surface area contributed by atoms with Crippen LogP contribution in [0.25, 0.3) is 0 Å². The molecule has 6 nitrogen and oxygen atoms in total. The van der Waals surface area contributed by atoms with Gasteiger partial charge in [0.2, 0.25) is 9.05 Å². The Morgan fingerprint density at radius 1 is 1.08 bits per heavy atom. The van der Waals surface area contributed by atoms with E-state index in [4.69, 9.17) is 20.2 Å². The van der Waals surface area contributed by atoms with Crippen LogP contribution < -0.4 is 0 Å². The normalized spacial score (nSPS) is 23.3. The van der Waals surface area contributed by atoms with Crippen LogP contribution in [0.15, 0.2) is 0 Å². The predicted octanol–water partition coefficient (Wildman–Crippen LogP) is 2.65. The maximum atomic E-state index is 12.8. The van der Waals surface area contributed by atoms with Crippen LogP contribution in [0.2, 0.25) is 0 Å². The Morgan fingerprint density at radius 3 is 1.88 bits per heavy atom. The summed E-state index contributed by atoms with van der Waals surface area (Å²) in [5.74, 6) is -5.15. The Bertz CT molecular complexity index is 586. The molecule has 0 aliphatic heterocycles. The number of hydrogen-bond acceptors (Lipinski definition) is 6. The Balaban J connectivity index is 3.25. The van der Waals surface area contributed by atoms with Gasteiger partial charge < -0.3 is 9.47 Å². The van der Waals surface area contributed by atoms with Crippen LogP contribution in [-0.4, -0.2) is 45.5 Å². The molecule has 1 aliphatic carbocycles. The fraction of sp³-hybridized carbons (Fsp3) is 0.857. The van der Waals surface area contributed by atoms with Gasteiger partial charge in [0, 0.05) is 17.1 Å². The molecule has 0 heterocycles. The summed E-state index contributed by atoms with van der Waals surface area (Å²) in [5, 5.41) is 0. The summed E-state index contributed by atoms with van der Waals surface area (Å²) in [7, 11) is 1.06. The minimum Gasteiger partial charge on any atom is -0.465 e. The number of rotatable bonds is 7. The predicted molar refractivity (Wildman–Crippen MR) is 82.2 cm³/mol. The average Bonchev–Trinajstić information content (AvgIpc) is 2.75. The van der Waals surface area contributed by atoms with Gasteiger partial charge in [-0.3, -0.25) is 9.59 Å². The highest BCUT2D eigenvalue weighted by atomic mass is 35.7. The van der Waals surface area contributed by atoms with Gasteiger partial charge >= 0.3 is 18.1 Å². The van der Waals surface area contributed by atoms with E-state index in [-0.39, 0.29) is 13.2 Å². The van der Waals surface area contributed by atoms with Crippen molar-refractivity contribution in [2.75, 3.05) is 19.0 Å². The third-order valence-electron chi connectivity index (χ3n) is 4.13. The maximum absolute atomic E-state index is 12.8. The molecule has 0 bridgehead atoms. The van der Waals surface area contributed by atoms with Crippen molar-refractivity contribution in [3.05, 3.63) is 0 Å². The third-order valence-corrected chi connectivity index (χ3v) is 5.33. The molecular formula is C14H20ClF3O6S. The van der Waals surface area contributed by atoms with Gasteiger partial charge in [-0.05, 0) is 38.5 Å². The number of alkyl halides is 3. The van der Waals surface area contributed by atoms with Crippen LogP contribution in [-0.2, 0) is 28.1 Å². The van der Waals surface area contributed by atoms with Gasteiger partial charge in [-0.15, -0.1) is 0 Å². The van der Waals surface area contributed by atoms with Crippen LogP contribution in [0.3, 0.4) is 0 Å². The van der Waals surface area contributed by atoms with E-state index in [0.29, 0.717) is 0 Å². The van der Waals surface area contributed by atoms with Crippen molar-refractivity contribution >= 4 is 31.7 Å². The van der Waals surface area contributed by atoms with E-state index in [1.54, 1.807) is 0 Å². The molecule has 0 aromatic heterocycles. The summed E-state index contributed by atoms with van der Waals surface area (Å²) in [6.45, 7) is 2.81. The molecule has 1 rings (SSSR count). The lowest BCUT2D eigenvalue weighted by atomic mass is 9.84. The van der Waals surface area contributed by atoms with Crippen LogP contribution in [0.4, 0.5) is 13.2 Å². The second kappa shape index (κ2) is 8.11. The number of carbonyl (C=O) groups is 2. The van der Waals surface area contributed by atoms with Crippen molar-refractivity contribution in [3.8, 4) is 0 Å². The zero-order valence-corrected chi connectivity index (χ0v) is 15.3. The molecule has 0 spiro atoms. The van der Waals surface area contributed by atoms with Gasteiger partial charge in [-0.2, -0.15) is 13.2 Å². The molecule has 2 atom stereocenters. The van der Waals surface area contributed by atoms with Crippen LogP contribution >= 0.6 is 10.7 Å². The first-order valence-electron chi connectivity index (χ1n) is 7.68. The van der Waals surface area contributed by atoms with Gasteiger partial charge in [0.1, 0.15) is 0 Å². The highest BCUT2D eigenvalue weighted by Crippen LogP contribution is 2.51. The Kier molecular flexibility index (Phi) is 7.14. The smallest absolute Gasteiger partial charge is 0.389 e. The SMILES string of the molecule is CCOC(=O)C1(C(=O)OCC)C[C@@H](CC(F)(F)F)[C@@H](CS(=O)(=O)Cl)C1. The van der Waals surface area contributed by atoms with Gasteiger partial charge in [-0.1, -0.05) is 0 Å². The molecule has 1 fully saturated rings. The summed E-state index contributed by atoms with van der Waals surface area (Å²) < 4.78 is 71.0. The Hall–Kier alpha value is -1.03. The quantitative estimate of drug-likeness (QED) is 0.365. The topological polar surface area (TPSA) is 86.7 Å². The van der Waals surface area contributed by atoms with Crippen molar-refractivity contribution in [1.29, 1.82) is 0 Å². The number of esters is 2. The first-order valence-corrected chi connectivity index (χ1v) is 10.2. The molecule has 0 aromatic carbocycles. The molecule has 146 valence electrons. The minimum atomic E-state index is -4.58. The van der Waals surface area contributed by atoms with E-state index in [1.807, 2.05) is 0 Å². The standard InChI is InChI=1S/C14H20ClF3O6S/c1-3-23-11(19)13(12(20)24-4-2)5-9(7-14(16,17)18)10(6-13)8-25(15,21)22/h9-10H,3-8H2,1-2H3/t9-,10+/m0/s1. The number of hydrogen-bond donors (Lipinski definition) is 0. The van der Waals surface area contributed by atoms with Crippen LogP contribution in [0.1, 0.15) is 33.1 Å². The molecule has 0 saturated heterocycles. The zero-order valence-electron chi connectivity index (χ0n) is 13.8. The molecule has 0 N–H and O–H groups in total. The Labute approximate surface area is 148 Å². The molecule has 0 radical (unpaired) electrons.